The van der Waals surface area contributed by atoms with Gasteiger partial charge in [-0.15, -0.1) is 0 Å². The SMILES string of the molecule is CNC(=O)[C@]1(C)CN(Cc2[nH]c3ccc(F)cc3c2C)CCO1. The zero-order chi connectivity index (χ0) is 16.6. The zero-order valence-corrected chi connectivity index (χ0v) is 13.7. The molecule has 1 atom stereocenters. The highest BCUT2D eigenvalue weighted by atomic mass is 19.1. The van der Waals surface area contributed by atoms with Gasteiger partial charge in [0, 0.05) is 43.3 Å². The van der Waals surface area contributed by atoms with Gasteiger partial charge >= 0.3 is 0 Å². The maximum absolute atomic E-state index is 13.4. The van der Waals surface area contributed by atoms with Crippen molar-refractivity contribution < 1.29 is 13.9 Å². The van der Waals surface area contributed by atoms with E-state index in [9.17, 15) is 9.18 Å². The van der Waals surface area contributed by atoms with Crippen molar-refractivity contribution in [3.63, 3.8) is 0 Å². The third-order valence-electron chi connectivity index (χ3n) is 4.57. The van der Waals surface area contributed by atoms with E-state index in [-0.39, 0.29) is 11.7 Å². The molecule has 0 radical (unpaired) electrons. The fourth-order valence-corrected chi connectivity index (χ4v) is 3.22. The van der Waals surface area contributed by atoms with Gasteiger partial charge < -0.3 is 15.0 Å². The number of carbonyl (C=O) groups excluding carboxylic acids is 1. The Labute approximate surface area is 134 Å². The average Bonchev–Trinajstić information content (AvgIpc) is 2.83. The molecule has 124 valence electrons. The summed E-state index contributed by atoms with van der Waals surface area (Å²) < 4.78 is 19.1. The van der Waals surface area contributed by atoms with Crippen LogP contribution in [0.2, 0.25) is 0 Å². The summed E-state index contributed by atoms with van der Waals surface area (Å²) in [5.74, 6) is -0.345. The third kappa shape index (κ3) is 2.96. The van der Waals surface area contributed by atoms with E-state index < -0.39 is 5.60 Å². The molecule has 2 heterocycles. The molecule has 1 fully saturated rings. The maximum atomic E-state index is 13.4. The molecule has 1 aliphatic rings. The number of morpholine rings is 1. The van der Waals surface area contributed by atoms with Crippen LogP contribution in [0.5, 0.6) is 0 Å². The molecule has 23 heavy (non-hydrogen) atoms. The Morgan fingerprint density at radius 2 is 2.30 bits per heavy atom. The molecule has 2 N–H and O–H groups in total. The molecule has 6 heteroatoms. The quantitative estimate of drug-likeness (QED) is 0.909. The van der Waals surface area contributed by atoms with Crippen LogP contribution in [0.1, 0.15) is 18.2 Å². The van der Waals surface area contributed by atoms with Crippen LogP contribution >= 0.6 is 0 Å². The number of fused-ring (bicyclic) bond motifs is 1. The summed E-state index contributed by atoms with van der Waals surface area (Å²) >= 11 is 0. The van der Waals surface area contributed by atoms with Crippen molar-refractivity contribution in [3.8, 4) is 0 Å². The predicted molar refractivity (Wildman–Crippen MR) is 86.7 cm³/mol. The highest BCUT2D eigenvalue weighted by Crippen LogP contribution is 2.25. The number of rotatable bonds is 3. The van der Waals surface area contributed by atoms with Gasteiger partial charge in [0.05, 0.1) is 6.61 Å². The number of aromatic amines is 1. The first kappa shape index (κ1) is 16.0. The monoisotopic (exact) mass is 319 g/mol. The molecule has 1 aromatic carbocycles. The Kier molecular flexibility index (Phi) is 4.12. The van der Waals surface area contributed by atoms with E-state index in [0.29, 0.717) is 19.7 Å². The van der Waals surface area contributed by atoms with E-state index in [0.717, 1.165) is 28.7 Å². The maximum Gasteiger partial charge on any atom is 0.253 e. The van der Waals surface area contributed by atoms with Crippen molar-refractivity contribution in [1.82, 2.24) is 15.2 Å². The number of H-pyrrole nitrogens is 1. The van der Waals surface area contributed by atoms with Gasteiger partial charge in [-0.05, 0) is 37.6 Å². The van der Waals surface area contributed by atoms with Gasteiger partial charge in [-0.1, -0.05) is 0 Å². The van der Waals surface area contributed by atoms with Crippen molar-refractivity contribution in [3.05, 3.63) is 35.3 Å². The summed E-state index contributed by atoms with van der Waals surface area (Å²) in [4.78, 5) is 17.6. The summed E-state index contributed by atoms with van der Waals surface area (Å²) in [6.45, 7) is 6.28. The first-order valence-electron chi connectivity index (χ1n) is 7.78. The number of amides is 1. The minimum atomic E-state index is -0.834. The molecular weight excluding hydrogens is 297 g/mol. The van der Waals surface area contributed by atoms with E-state index >= 15 is 0 Å². The molecule has 0 saturated carbocycles. The normalized spacial score (nSPS) is 22.4. The number of carbonyl (C=O) groups is 1. The number of benzene rings is 1. The van der Waals surface area contributed by atoms with Gasteiger partial charge in [-0.3, -0.25) is 9.69 Å². The standard InChI is InChI=1S/C17H22FN3O2/c1-11-13-8-12(18)4-5-14(13)20-15(11)9-21-6-7-23-17(2,10-21)16(22)19-3/h4-5,8,20H,6-7,9-10H2,1-3H3,(H,19,22)/t17-/m0/s1. The van der Waals surface area contributed by atoms with Crippen LogP contribution < -0.4 is 5.32 Å². The van der Waals surface area contributed by atoms with Crippen LogP contribution in [0.3, 0.4) is 0 Å². The minimum absolute atomic E-state index is 0.113. The van der Waals surface area contributed by atoms with Crippen LogP contribution in [0.4, 0.5) is 4.39 Å². The molecule has 5 nitrogen and oxygen atoms in total. The number of halogens is 1. The minimum Gasteiger partial charge on any atom is -0.363 e. The molecule has 1 amide bonds. The van der Waals surface area contributed by atoms with Gasteiger partial charge in [0.2, 0.25) is 0 Å². The average molecular weight is 319 g/mol. The van der Waals surface area contributed by atoms with E-state index in [4.69, 9.17) is 4.74 Å². The van der Waals surface area contributed by atoms with Gasteiger partial charge in [0.15, 0.2) is 5.60 Å². The number of aromatic nitrogens is 1. The van der Waals surface area contributed by atoms with E-state index in [1.807, 2.05) is 13.8 Å². The number of hydrogen-bond donors (Lipinski definition) is 2. The van der Waals surface area contributed by atoms with Gasteiger partial charge in [-0.25, -0.2) is 4.39 Å². The van der Waals surface area contributed by atoms with E-state index in [1.54, 1.807) is 19.2 Å². The van der Waals surface area contributed by atoms with Crippen molar-refractivity contribution in [2.75, 3.05) is 26.7 Å². The lowest BCUT2D eigenvalue weighted by Gasteiger charge is -2.38. The molecule has 1 aliphatic heterocycles. The first-order valence-corrected chi connectivity index (χ1v) is 7.78. The molecular formula is C17H22FN3O2. The molecule has 0 spiro atoms. The van der Waals surface area contributed by atoms with Crippen molar-refractivity contribution in [1.29, 1.82) is 0 Å². The van der Waals surface area contributed by atoms with E-state index in [2.05, 4.69) is 15.2 Å². The van der Waals surface area contributed by atoms with Gasteiger partial charge in [-0.2, -0.15) is 0 Å². The number of hydrogen-bond acceptors (Lipinski definition) is 3. The van der Waals surface area contributed by atoms with Crippen LogP contribution in [-0.4, -0.2) is 48.1 Å². The lowest BCUT2D eigenvalue weighted by molar-refractivity contribution is -0.156. The fraction of sp³-hybridized carbons (Fsp3) is 0.471. The highest BCUT2D eigenvalue weighted by Gasteiger charge is 2.38. The molecule has 1 aromatic heterocycles. The highest BCUT2D eigenvalue weighted by molar-refractivity contribution is 5.85. The Balaban J connectivity index is 1.82. The topological polar surface area (TPSA) is 57.4 Å². The number of likely N-dealkylation sites (N-methyl/N-ethyl adjacent to an activating group) is 1. The second-order valence-electron chi connectivity index (χ2n) is 6.29. The second-order valence-corrected chi connectivity index (χ2v) is 6.29. The van der Waals surface area contributed by atoms with Crippen LogP contribution in [-0.2, 0) is 16.1 Å². The van der Waals surface area contributed by atoms with Crippen LogP contribution in [0.25, 0.3) is 10.9 Å². The number of nitrogens with one attached hydrogen (secondary N) is 2. The Hall–Kier alpha value is -1.92. The largest absolute Gasteiger partial charge is 0.363 e. The number of aryl methyl sites for hydroxylation is 1. The molecule has 1 saturated heterocycles. The molecule has 2 aromatic rings. The molecule has 0 bridgehead atoms. The van der Waals surface area contributed by atoms with Crippen LogP contribution in [0, 0.1) is 12.7 Å². The van der Waals surface area contributed by atoms with Gasteiger partial charge in [0.1, 0.15) is 5.82 Å². The summed E-state index contributed by atoms with van der Waals surface area (Å²) in [7, 11) is 1.62. The van der Waals surface area contributed by atoms with Crippen molar-refractivity contribution in [2.45, 2.75) is 26.0 Å². The molecule has 0 unspecified atom stereocenters. The van der Waals surface area contributed by atoms with E-state index in [1.165, 1.54) is 6.07 Å². The first-order chi connectivity index (χ1) is 10.9. The lowest BCUT2D eigenvalue weighted by atomic mass is 10.0. The predicted octanol–water partition coefficient (Wildman–Crippen LogP) is 1.95. The summed E-state index contributed by atoms with van der Waals surface area (Å²) in [5.41, 5.74) is 2.19. The van der Waals surface area contributed by atoms with Crippen LogP contribution in [0.15, 0.2) is 18.2 Å². The van der Waals surface area contributed by atoms with Crippen molar-refractivity contribution >= 4 is 16.8 Å². The fourth-order valence-electron chi connectivity index (χ4n) is 3.22. The smallest absolute Gasteiger partial charge is 0.253 e. The molecule has 0 aliphatic carbocycles. The Morgan fingerprint density at radius 1 is 1.52 bits per heavy atom. The van der Waals surface area contributed by atoms with Crippen molar-refractivity contribution in [2.24, 2.45) is 0 Å². The second kappa shape index (κ2) is 5.94. The summed E-state index contributed by atoms with van der Waals surface area (Å²) in [5, 5.41) is 3.56. The lowest BCUT2D eigenvalue weighted by Crippen LogP contribution is -2.57. The number of ether oxygens (including phenoxy) is 1. The zero-order valence-electron chi connectivity index (χ0n) is 13.7. The Morgan fingerprint density at radius 3 is 3.04 bits per heavy atom. The van der Waals surface area contributed by atoms with Gasteiger partial charge in [0.25, 0.3) is 5.91 Å². The Bertz CT molecular complexity index is 743. The molecule has 3 rings (SSSR count). The number of nitrogens with zero attached hydrogens (tertiary/aromatic N) is 1. The summed E-state index contributed by atoms with van der Waals surface area (Å²) in [6, 6.07) is 4.77. The third-order valence-corrected chi connectivity index (χ3v) is 4.57. The summed E-state index contributed by atoms with van der Waals surface area (Å²) in [6.07, 6.45) is 0.